The first-order valence-electron chi connectivity index (χ1n) is 8.03. The molecule has 2 bridgehead atoms. The molecule has 0 aromatic heterocycles. The molecule has 0 aliphatic carbocycles. The van der Waals surface area contributed by atoms with E-state index in [2.05, 4.69) is 17.1 Å². The summed E-state index contributed by atoms with van der Waals surface area (Å²) < 4.78 is 11.2. The number of Topliss-reactive ketones (excluding diaryl/α,β-unsaturated/α-hetero) is 2. The summed E-state index contributed by atoms with van der Waals surface area (Å²) in [5, 5.41) is 0. The fourth-order valence-electron chi connectivity index (χ4n) is 4.74. The third-order valence-electron chi connectivity index (χ3n) is 5.57. The Morgan fingerprint density at radius 3 is 2.96 bits per heavy atom. The molecule has 0 radical (unpaired) electrons. The minimum absolute atomic E-state index is 0.0217. The highest BCUT2D eigenvalue weighted by molar-refractivity contribution is 5.95. The fraction of sp³-hybridized carbons (Fsp3) is 0.444. The number of ether oxygens (including phenoxy) is 2. The number of anilines is 1. The van der Waals surface area contributed by atoms with Crippen molar-refractivity contribution in [2.24, 2.45) is 11.8 Å². The smallest absolute Gasteiger partial charge is 0.218 e. The van der Waals surface area contributed by atoms with Crippen LogP contribution in [0.3, 0.4) is 0 Å². The van der Waals surface area contributed by atoms with E-state index in [9.17, 15) is 9.59 Å². The summed E-state index contributed by atoms with van der Waals surface area (Å²) in [4.78, 5) is 27.4. The van der Waals surface area contributed by atoms with Crippen LogP contribution in [-0.4, -0.2) is 42.7 Å². The lowest BCUT2D eigenvalue weighted by Gasteiger charge is -2.35. The summed E-state index contributed by atoms with van der Waals surface area (Å²) in [6, 6.07) is 7.59. The van der Waals surface area contributed by atoms with Crippen molar-refractivity contribution < 1.29 is 19.1 Å². The second-order valence-electron chi connectivity index (χ2n) is 6.72. The van der Waals surface area contributed by atoms with E-state index in [1.807, 2.05) is 24.3 Å². The molecule has 4 heterocycles. The molecule has 0 saturated carbocycles. The van der Waals surface area contributed by atoms with Crippen LogP contribution in [0.4, 0.5) is 5.69 Å². The van der Waals surface area contributed by atoms with Crippen LogP contribution in [0, 0.1) is 11.8 Å². The zero-order valence-corrected chi connectivity index (χ0v) is 12.7. The van der Waals surface area contributed by atoms with Gasteiger partial charge in [0.2, 0.25) is 6.29 Å². The van der Waals surface area contributed by atoms with Crippen LogP contribution in [0.1, 0.15) is 12.5 Å². The van der Waals surface area contributed by atoms with Gasteiger partial charge in [0.05, 0.1) is 30.7 Å². The minimum atomic E-state index is -0.751. The third kappa shape index (κ3) is 1.64. The first-order chi connectivity index (χ1) is 11.2. The van der Waals surface area contributed by atoms with Gasteiger partial charge in [-0.2, -0.15) is 0 Å². The Bertz CT molecular complexity index is 742. The monoisotopic (exact) mass is 311 g/mol. The van der Waals surface area contributed by atoms with Crippen molar-refractivity contribution >= 4 is 23.3 Å². The summed E-state index contributed by atoms with van der Waals surface area (Å²) >= 11 is 0. The molecule has 6 atom stereocenters. The van der Waals surface area contributed by atoms with Crippen molar-refractivity contribution in [3.63, 3.8) is 0 Å². The van der Waals surface area contributed by atoms with Crippen molar-refractivity contribution in [1.29, 1.82) is 0 Å². The first-order valence-corrected chi connectivity index (χ1v) is 8.03. The van der Waals surface area contributed by atoms with Crippen LogP contribution >= 0.6 is 0 Å². The Morgan fingerprint density at radius 2 is 2.13 bits per heavy atom. The van der Waals surface area contributed by atoms with E-state index in [-0.39, 0.29) is 41.6 Å². The standard InChI is InChI=1S/C18H17NO4/c1-9(20)16-15-13-8-22-18(23-13)17(21)14(15)12-7-6-10-4-2-3-5-11(10)19(12)16/h2-7,12-16,18H,8H2,1H3/t12-,13-,14-,15-,16+,18-/m0/s1. The molecule has 3 fully saturated rings. The molecule has 5 heteroatoms. The largest absolute Gasteiger partial charge is 0.353 e. The van der Waals surface area contributed by atoms with Crippen molar-refractivity contribution in [2.45, 2.75) is 31.4 Å². The summed E-state index contributed by atoms with van der Waals surface area (Å²) in [6.45, 7) is 2.00. The minimum Gasteiger partial charge on any atom is -0.353 e. The van der Waals surface area contributed by atoms with Crippen molar-refractivity contribution in [3.8, 4) is 0 Å². The number of para-hydroxylation sites is 1. The zero-order valence-electron chi connectivity index (χ0n) is 12.7. The molecule has 4 aliphatic heterocycles. The number of carbonyl (C=O) groups excluding carboxylic acids is 2. The number of nitrogens with zero attached hydrogens (tertiary/aromatic N) is 1. The van der Waals surface area contributed by atoms with E-state index in [1.165, 1.54) is 0 Å². The molecule has 1 aromatic rings. The van der Waals surface area contributed by atoms with Gasteiger partial charge >= 0.3 is 0 Å². The molecule has 0 amide bonds. The lowest BCUT2D eigenvalue weighted by molar-refractivity contribution is -0.164. The van der Waals surface area contributed by atoms with E-state index in [4.69, 9.17) is 9.47 Å². The summed E-state index contributed by atoms with van der Waals surface area (Å²) in [7, 11) is 0. The average Bonchev–Trinajstić information content (AvgIpc) is 3.13. The molecule has 1 aromatic carbocycles. The maximum absolute atomic E-state index is 12.8. The maximum Gasteiger partial charge on any atom is 0.218 e. The molecule has 3 saturated heterocycles. The van der Waals surface area contributed by atoms with Crippen molar-refractivity contribution in [1.82, 2.24) is 0 Å². The van der Waals surface area contributed by atoms with Gasteiger partial charge in [0.25, 0.3) is 0 Å². The predicted octanol–water partition coefficient (Wildman–Crippen LogP) is 1.42. The van der Waals surface area contributed by atoms with Crippen molar-refractivity contribution in [2.75, 3.05) is 11.5 Å². The summed E-state index contributed by atoms with van der Waals surface area (Å²) in [5.74, 6) is -0.319. The van der Waals surface area contributed by atoms with E-state index in [1.54, 1.807) is 6.92 Å². The Kier molecular flexibility index (Phi) is 2.65. The van der Waals surface area contributed by atoms with Gasteiger partial charge in [-0.15, -0.1) is 0 Å². The molecule has 118 valence electrons. The fourth-order valence-corrected chi connectivity index (χ4v) is 4.74. The van der Waals surface area contributed by atoms with Gasteiger partial charge in [-0.25, -0.2) is 0 Å². The van der Waals surface area contributed by atoms with Gasteiger partial charge in [-0.3, -0.25) is 9.59 Å². The van der Waals surface area contributed by atoms with Gasteiger partial charge in [-0.05, 0) is 18.6 Å². The summed E-state index contributed by atoms with van der Waals surface area (Å²) in [5.41, 5.74) is 2.11. The molecule has 0 unspecified atom stereocenters. The van der Waals surface area contributed by atoms with Gasteiger partial charge in [-0.1, -0.05) is 30.4 Å². The molecule has 5 rings (SSSR count). The predicted molar refractivity (Wildman–Crippen MR) is 82.8 cm³/mol. The second kappa shape index (κ2) is 4.52. The van der Waals surface area contributed by atoms with Crippen LogP contribution in [0.25, 0.3) is 6.08 Å². The third-order valence-corrected chi connectivity index (χ3v) is 5.57. The molecule has 0 N–H and O–H groups in total. The average molecular weight is 311 g/mol. The van der Waals surface area contributed by atoms with E-state index in [0.717, 1.165) is 11.3 Å². The molecule has 5 nitrogen and oxygen atoms in total. The lowest BCUT2D eigenvalue weighted by Crippen LogP contribution is -2.48. The van der Waals surface area contributed by atoms with Crippen LogP contribution in [-0.2, 0) is 19.1 Å². The first kappa shape index (κ1) is 13.5. The van der Waals surface area contributed by atoms with Crippen LogP contribution in [0.15, 0.2) is 30.3 Å². The molecule has 0 spiro atoms. The highest BCUT2D eigenvalue weighted by Gasteiger charge is 2.62. The van der Waals surface area contributed by atoms with Gasteiger partial charge in [0, 0.05) is 11.6 Å². The molecular weight excluding hydrogens is 294 g/mol. The van der Waals surface area contributed by atoms with Gasteiger partial charge < -0.3 is 14.4 Å². The Labute approximate surface area is 133 Å². The van der Waals surface area contributed by atoms with Gasteiger partial charge in [0.1, 0.15) is 0 Å². The molecular formula is C18H17NO4. The number of hydrogen-bond donors (Lipinski definition) is 0. The van der Waals surface area contributed by atoms with Gasteiger partial charge in [0.15, 0.2) is 11.6 Å². The lowest BCUT2D eigenvalue weighted by atomic mass is 9.78. The van der Waals surface area contributed by atoms with Crippen LogP contribution < -0.4 is 4.90 Å². The van der Waals surface area contributed by atoms with Crippen LogP contribution in [0.5, 0.6) is 0 Å². The van der Waals surface area contributed by atoms with Crippen molar-refractivity contribution in [3.05, 3.63) is 35.9 Å². The normalized spacial score (nSPS) is 39.9. The topological polar surface area (TPSA) is 55.8 Å². The Morgan fingerprint density at radius 1 is 1.30 bits per heavy atom. The molecule has 4 aliphatic rings. The quantitative estimate of drug-likeness (QED) is 0.785. The van der Waals surface area contributed by atoms with E-state index >= 15 is 0 Å². The number of fused-ring (bicyclic) bond motifs is 8. The highest BCUT2D eigenvalue weighted by atomic mass is 16.7. The van der Waals surface area contributed by atoms with E-state index in [0.29, 0.717) is 6.61 Å². The van der Waals surface area contributed by atoms with E-state index < -0.39 is 6.29 Å². The molecule has 23 heavy (non-hydrogen) atoms. The maximum atomic E-state index is 12.8. The second-order valence-corrected chi connectivity index (χ2v) is 6.72. The number of ketones is 2. The number of hydrogen-bond acceptors (Lipinski definition) is 5. The number of rotatable bonds is 1. The van der Waals surface area contributed by atoms with Crippen LogP contribution in [0.2, 0.25) is 0 Å². The summed E-state index contributed by atoms with van der Waals surface area (Å²) in [6.07, 6.45) is 3.19. The number of benzene rings is 1. The SMILES string of the molecule is CC(=O)[C@@H]1[C@@H]2[C@@H](C(=O)[C@H]3OC[C@@H]2O3)[C@@H]2C=Cc3ccccc3N12. The highest BCUT2D eigenvalue weighted by Crippen LogP contribution is 2.50. The zero-order chi connectivity index (χ0) is 15.7. The Hall–Kier alpha value is -1.98. The Balaban J connectivity index is 1.69. The number of carbonyl (C=O) groups is 2.